The van der Waals surface area contributed by atoms with Crippen LogP contribution in [-0.2, 0) is 7.67 Å². The van der Waals surface area contributed by atoms with Crippen molar-refractivity contribution in [2.75, 3.05) is 5.32 Å². The number of benzene rings is 1. The summed E-state index contributed by atoms with van der Waals surface area (Å²) in [7, 11) is 0. The van der Waals surface area contributed by atoms with E-state index in [1.165, 1.54) is 12.1 Å². The number of nitrogens with one attached hydrogen (secondary N) is 1. The second-order valence-corrected chi connectivity index (χ2v) is 6.25. The Kier molecular flexibility index (Phi) is 4.50. The van der Waals surface area contributed by atoms with Gasteiger partial charge in [0.15, 0.2) is 0 Å². The maximum atomic E-state index is 11.0. The fourth-order valence-corrected chi connectivity index (χ4v) is 1.98. The Balaban J connectivity index is 2.73. The molecule has 1 N–H and O–H groups in total. The maximum absolute atomic E-state index is 11.0. The zero-order valence-electron chi connectivity index (χ0n) is 9.67. The average Bonchev–Trinajstić information content (AvgIpc) is 2.31. The summed E-state index contributed by atoms with van der Waals surface area (Å²) in [4.78, 5) is 1.15. The number of rotatable bonds is 5. The molecule has 5 nitrogen and oxygen atoms in total. The third kappa shape index (κ3) is 4.43. The van der Waals surface area contributed by atoms with Crippen LogP contribution in [0.1, 0.15) is 20.3 Å². The molecule has 0 aromatic heterocycles. The first-order valence-corrected chi connectivity index (χ1v) is 8.14. The third-order valence-electron chi connectivity index (χ3n) is 2.20. The van der Waals surface area contributed by atoms with Crippen molar-refractivity contribution >= 4 is 18.7 Å². The van der Waals surface area contributed by atoms with Crippen LogP contribution in [0.5, 0.6) is 5.75 Å². The van der Waals surface area contributed by atoms with Crippen LogP contribution in [-0.4, -0.2) is 19.1 Å². The minimum absolute atomic E-state index is 0.159. The molecule has 1 atom stereocenters. The van der Waals surface area contributed by atoms with Gasteiger partial charge >= 0.3 is 102 Å². The van der Waals surface area contributed by atoms with Gasteiger partial charge in [-0.2, -0.15) is 0 Å². The molecule has 0 bridgehead atoms. The SMILES string of the molecule is CCC(C)Nc1ccc(O[Se](=O)(=O)C#N)cc1. The van der Waals surface area contributed by atoms with E-state index in [9.17, 15) is 7.67 Å². The molecular weight excluding hydrogens is 287 g/mol. The summed E-state index contributed by atoms with van der Waals surface area (Å²) in [5, 5.41) is 11.5. The molecule has 0 heterocycles. The summed E-state index contributed by atoms with van der Waals surface area (Å²) in [6, 6.07) is 6.81. The van der Waals surface area contributed by atoms with Crippen molar-refractivity contribution in [2.24, 2.45) is 0 Å². The fourth-order valence-electron chi connectivity index (χ4n) is 1.14. The molecule has 1 aromatic rings. The molecular formula is C11H14N2O3Se. The first kappa shape index (κ1) is 13.5. The van der Waals surface area contributed by atoms with Crippen molar-refractivity contribution in [3.63, 3.8) is 0 Å². The summed E-state index contributed by atoms with van der Waals surface area (Å²) in [5.74, 6) is 0.159. The molecule has 0 fully saturated rings. The van der Waals surface area contributed by atoms with E-state index in [0.717, 1.165) is 17.1 Å². The Bertz CT molecular complexity index is 503. The molecule has 1 aromatic carbocycles. The van der Waals surface area contributed by atoms with Gasteiger partial charge in [-0.05, 0) is 0 Å². The zero-order valence-corrected chi connectivity index (χ0v) is 11.4. The second kappa shape index (κ2) is 5.67. The van der Waals surface area contributed by atoms with Gasteiger partial charge in [0, 0.05) is 0 Å². The predicted molar refractivity (Wildman–Crippen MR) is 63.2 cm³/mol. The van der Waals surface area contributed by atoms with Crippen LogP contribution in [0.2, 0.25) is 0 Å². The summed E-state index contributed by atoms with van der Waals surface area (Å²) >= 11 is -4.86. The van der Waals surface area contributed by atoms with Gasteiger partial charge in [0.25, 0.3) is 0 Å². The summed E-state index contributed by atoms with van der Waals surface area (Å²) in [6.45, 7) is 4.12. The van der Waals surface area contributed by atoms with Gasteiger partial charge < -0.3 is 0 Å². The standard InChI is InChI=1S/C11H14N2O3Se/c1-3-9(2)13-10-4-6-11(7-5-10)16-17(14,15)8-12/h4-7,9,13H,3H2,1-2H3. The molecule has 0 saturated carbocycles. The van der Waals surface area contributed by atoms with Crippen molar-refractivity contribution in [1.82, 2.24) is 0 Å². The number of hydrogen-bond acceptors (Lipinski definition) is 5. The molecule has 0 radical (unpaired) electrons. The van der Waals surface area contributed by atoms with E-state index >= 15 is 0 Å². The van der Waals surface area contributed by atoms with Gasteiger partial charge in [-0.1, -0.05) is 0 Å². The molecule has 0 spiro atoms. The van der Waals surface area contributed by atoms with Gasteiger partial charge in [0.1, 0.15) is 0 Å². The second-order valence-electron chi connectivity index (χ2n) is 3.61. The Labute approximate surface area is 102 Å². The number of anilines is 1. The van der Waals surface area contributed by atoms with Gasteiger partial charge in [0.2, 0.25) is 0 Å². The normalized spacial score (nSPS) is 12.5. The number of hydrogen-bond donors (Lipinski definition) is 1. The summed E-state index contributed by atoms with van der Waals surface area (Å²) in [5.41, 5.74) is 0.884. The van der Waals surface area contributed by atoms with Crippen LogP contribution in [0.4, 0.5) is 5.69 Å². The Morgan fingerprint density at radius 1 is 1.41 bits per heavy atom. The molecule has 0 saturated heterocycles. The molecule has 1 rings (SSSR count). The minimum atomic E-state index is -4.86. The molecule has 0 aliphatic carbocycles. The van der Waals surface area contributed by atoms with E-state index in [-0.39, 0.29) is 5.75 Å². The van der Waals surface area contributed by atoms with E-state index in [0.29, 0.717) is 6.04 Å². The van der Waals surface area contributed by atoms with E-state index in [1.54, 1.807) is 12.1 Å². The molecule has 0 aliphatic heterocycles. The molecule has 17 heavy (non-hydrogen) atoms. The van der Waals surface area contributed by atoms with Crippen molar-refractivity contribution in [1.29, 1.82) is 5.26 Å². The molecule has 6 heteroatoms. The Morgan fingerprint density at radius 2 is 2.00 bits per heavy atom. The van der Waals surface area contributed by atoms with Gasteiger partial charge in [0.05, 0.1) is 0 Å². The summed E-state index contributed by atoms with van der Waals surface area (Å²) in [6.07, 6.45) is 0.991. The number of nitriles is 1. The van der Waals surface area contributed by atoms with Crippen LogP contribution in [0.25, 0.3) is 0 Å². The fraction of sp³-hybridized carbons (Fsp3) is 0.364. The number of nitrogens with zero attached hydrogens (tertiary/aromatic N) is 1. The van der Waals surface area contributed by atoms with Crippen LogP contribution in [0.15, 0.2) is 24.3 Å². The molecule has 0 amide bonds. The topological polar surface area (TPSA) is 79.2 Å². The van der Waals surface area contributed by atoms with Gasteiger partial charge in [-0.3, -0.25) is 0 Å². The van der Waals surface area contributed by atoms with E-state index < -0.39 is 13.0 Å². The zero-order chi connectivity index (χ0) is 12.9. The molecule has 0 aliphatic rings. The van der Waals surface area contributed by atoms with Crippen molar-refractivity contribution in [2.45, 2.75) is 26.3 Å². The van der Waals surface area contributed by atoms with Crippen LogP contribution < -0.4 is 9.14 Å². The quantitative estimate of drug-likeness (QED) is 0.843. The predicted octanol–water partition coefficient (Wildman–Crippen LogP) is 2.14. The summed E-state index contributed by atoms with van der Waals surface area (Å²) < 4.78 is 26.5. The Hall–Kier alpha value is -1.57. The van der Waals surface area contributed by atoms with Crippen LogP contribution in [0, 0.1) is 10.2 Å². The monoisotopic (exact) mass is 302 g/mol. The van der Waals surface area contributed by atoms with Gasteiger partial charge in [-0.25, -0.2) is 0 Å². The molecule has 92 valence electrons. The van der Waals surface area contributed by atoms with Crippen molar-refractivity contribution < 1.29 is 11.5 Å². The molecule has 1 unspecified atom stereocenters. The first-order valence-electron chi connectivity index (χ1n) is 5.18. The van der Waals surface area contributed by atoms with E-state index in [4.69, 9.17) is 5.26 Å². The van der Waals surface area contributed by atoms with E-state index in [2.05, 4.69) is 16.1 Å². The average molecular weight is 301 g/mol. The first-order chi connectivity index (χ1) is 7.96. The van der Waals surface area contributed by atoms with E-state index in [1.807, 2.05) is 6.92 Å². The Morgan fingerprint density at radius 3 is 2.47 bits per heavy atom. The third-order valence-corrected chi connectivity index (χ3v) is 3.53. The van der Waals surface area contributed by atoms with Crippen molar-refractivity contribution in [3.8, 4) is 10.7 Å². The van der Waals surface area contributed by atoms with Crippen LogP contribution >= 0.6 is 0 Å². The van der Waals surface area contributed by atoms with Crippen molar-refractivity contribution in [3.05, 3.63) is 24.3 Å². The van der Waals surface area contributed by atoms with Crippen LogP contribution in [0.3, 0.4) is 0 Å². The van der Waals surface area contributed by atoms with Gasteiger partial charge in [-0.15, -0.1) is 0 Å².